The Balaban J connectivity index is 0.000000141. The largest absolute Gasteiger partial charge is 0.309 e. The summed E-state index contributed by atoms with van der Waals surface area (Å²) < 4.78 is 4.79. The van der Waals surface area contributed by atoms with Gasteiger partial charge in [-0.05, 0) is 189 Å². The maximum atomic E-state index is 5.08. The highest BCUT2D eigenvalue weighted by molar-refractivity contribution is 6.24. The number of benzene rings is 19. The molecule has 0 bridgehead atoms. The second-order valence-electron chi connectivity index (χ2n) is 30.0. The van der Waals surface area contributed by atoms with Crippen molar-refractivity contribution in [2.75, 3.05) is 0 Å². The first-order valence-electron chi connectivity index (χ1n) is 39.6. The van der Waals surface area contributed by atoms with E-state index in [9.17, 15) is 0 Å². The molecule has 0 amide bonds. The number of rotatable bonds is 11. The molecule has 4 aromatic heterocycles. The molecule has 0 aliphatic carbocycles. The van der Waals surface area contributed by atoms with Crippen molar-refractivity contribution < 1.29 is 0 Å². The van der Waals surface area contributed by atoms with E-state index in [2.05, 4.69) is 385 Å². The number of fused-ring (bicyclic) bond motifs is 15. The van der Waals surface area contributed by atoms with Gasteiger partial charge in [-0.2, -0.15) is 0 Å². The van der Waals surface area contributed by atoms with Crippen LogP contribution in [0.25, 0.3) is 221 Å². The van der Waals surface area contributed by atoms with Crippen molar-refractivity contribution >= 4 is 108 Å². The monoisotopic (exact) mass is 1470 g/mol. The van der Waals surface area contributed by atoms with Crippen molar-refractivity contribution in [3.63, 3.8) is 0 Å². The van der Waals surface area contributed by atoms with E-state index in [0.29, 0.717) is 11.6 Å². The fraction of sp³-hybridized carbons (Fsp3) is 0. The van der Waals surface area contributed by atoms with Crippen LogP contribution >= 0.6 is 0 Å². The van der Waals surface area contributed by atoms with Crippen LogP contribution in [0, 0.1) is 0 Å². The van der Waals surface area contributed by atoms with E-state index in [4.69, 9.17) is 19.9 Å². The molecule has 0 unspecified atom stereocenters. The van der Waals surface area contributed by atoms with Crippen molar-refractivity contribution in [3.05, 3.63) is 425 Å². The first kappa shape index (κ1) is 67.4. The summed E-state index contributed by atoms with van der Waals surface area (Å²) in [7, 11) is 0. The summed E-state index contributed by atoms with van der Waals surface area (Å²) in [6, 6.07) is 152. The van der Waals surface area contributed by atoms with Crippen molar-refractivity contribution in [2.45, 2.75) is 0 Å². The van der Waals surface area contributed by atoms with Gasteiger partial charge in [-0.1, -0.05) is 334 Å². The Labute approximate surface area is 670 Å². The van der Waals surface area contributed by atoms with Gasteiger partial charge in [0.05, 0.1) is 44.8 Å². The molecular weight excluding hydrogens is 1410 g/mol. The van der Waals surface area contributed by atoms with E-state index >= 15 is 0 Å². The molecule has 23 aromatic rings. The molecule has 23 rings (SSSR count). The number of nitrogens with zero attached hydrogens (tertiary/aromatic N) is 6. The molecule has 0 aliphatic rings. The number of hydrogen-bond donors (Lipinski definition) is 0. The van der Waals surface area contributed by atoms with Gasteiger partial charge in [-0.15, -0.1) is 0 Å². The molecule has 6 nitrogen and oxygen atoms in total. The SMILES string of the molecule is c1ccc(-c2cc(-c3ccc(-n4c5ccccc5c5c6cc(-c7cc8ccccc8c8ccccc78)ccc6ccc54)cc3)nc(-c3ccccc3)n2)cc1.c1ccc(-c2cc(-c3ccc(-n4c5ccccc5c5c6ccc(-c7ccc8ccc(-c9cccc%10ccccc9%10)cc8c7)cc6ccc54)cc3)nc(-c3ccccc3)n2)cc1. The lowest BCUT2D eigenvalue weighted by molar-refractivity contribution is 1.17. The normalized spacial score (nSPS) is 11.6. The summed E-state index contributed by atoms with van der Waals surface area (Å²) in [5, 5.41) is 20.0. The van der Waals surface area contributed by atoms with Gasteiger partial charge in [-0.3, -0.25) is 0 Å². The highest BCUT2D eigenvalue weighted by atomic mass is 15.0. The molecule has 0 saturated carbocycles. The van der Waals surface area contributed by atoms with E-state index < -0.39 is 0 Å². The second kappa shape index (κ2) is 28.4. The molecule has 0 fully saturated rings. The van der Waals surface area contributed by atoms with Gasteiger partial charge in [0.1, 0.15) is 0 Å². The average Bonchev–Trinajstić information content (AvgIpc) is 1.55. The fourth-order valence-electron chi connectivity index (χ4n) is 17.6. The third-order valence-corrected chi connectivity index (χ3v) is 23.2. The molecule has 0 radical (unpaired) electrons. The Bertz CT molecular complexity index is 7660. The van der Waals surface area contributed by atoms with Crippen LogP contribution in [0.5, 0.6) is 0 Å². The minimum Gasteiger partial charge on any atom is -0.309 e. The zero-order valence-electron chi connectivity index (χ0n) is 63.1. The summed E-state index contributed by atoms with van der Waals surface area (Å²) in [6.07, 6.45) is 0. The molecule has 6 heteroatoms. The van der Waals surface area contributed by atoms with Crippen LogP contribution in [0.1, 0.15) is 0 Å². The van der Waals surface area contributed by atoms with Gasteiger partial charge in [0.15, 0.2) is 11.6 Å². The van der Waals surface area contributed by atoms with E-state index in [1.165, 1.54) is 142 Å². The Hall–Kier alpha value is -15.5. The molecule has 0 atom stereocenters. The highest BCUT2D eigenvalue weighted by Crippen LogP contribution is 2.44. The van der Waals surface area contributed by atoms with E-state index in [1.807, 2.05) is 48.5 Å². The van der Waals surface area contributed by atoms with Gasteiger partial charge in [0, 0.05) is 66.3 Å². The zero-order valence-corrected chi connectivity index (χ0v) is 63.1. The Morgan fingerprint density at radius 3 is 1.08 bits per heavy atom. The first-order chi connectivity index (χ1) is 57.5. The van der Waals surface area contributed by atoms with Gasteiger partial charge in [-0.25, -0.2) is 19.9 Å². The standard InChI is InChI=1S/C58H37N3.C52H33N3/c1-3-13-40(14-4-1)53-37-54(60-58(59-53)42-15-5-2-6-16-42)41-26-30-48(31-27-41)61-55-21-10-9-19-52(55)57-51-32-28-44(34-46(51)29-33-56(57)61)43-24-22-38-23-25-45(36-47(38)35-43)50-20-11-17-39-12-7-8-18-49(39)50;1-3-13-35(14-4-1)47-33-48(54-52(53-47)37-15-5-2-6-16-37)36-25-28-40(29-26-36)55-49-22-12-11-21-44(49)51-46-32-39(24-23-34(46)27-30-50(51)55)45-31-38-17-7-8-18-41(38)42-19-9-10-20-43(42)45/h1-37H;1-33H. The lowest BCUT2D eigenvalue weighted by Crippen LogP contribution is -1.97. The molecule has 540 valence electrons. The first-order valence-corrected chi connectivity index (χ1v) is 39.6. The van der Waals surface area contributed by atoms with Crippen molar-refractivity contribution in [1.29, 1.82) is 0 Å². The Morgan fingerprint density at radius 2 is 0.517 bits per heavy atom. The summed E-state index contributed by atoms with van der Waals surface area (Å²) in [4.78, 5) is 20.1. The van der Waals surface area contributed by atoms with E-state index in [1.54, 1.807) is 0 Å². The predicted molar refractivity (Wildman–Crippen MR) is 487 cm³/mol. The Kier molecular flexibility index (Phi) is 16.5. The molecule has 116 heavy (non-hydrogen) atoms. The zero-order chi connectivity index (χ0) is 76.6. The molecule has 0 aliphatic heterocycles. The predicted octanol–water partition coefficient (Wildman–Crippen LogP) is 29.1. The average molecular weight is 1480 g/mol. The van der Waals surface area contributed by atoms with Crippen LogP contribution in [0.2, 0.25) is 0 Å². The number of aromatic nitrogens is 6. The summed E-state index contributed by atoms with van der Waals surface area (Å²) in [5.74, 6) is 1.43. The molecule has 0 saturated heterocycles. The third-order valence-electron chi connectivity index (χ3n) is 23.2. The highest BCUT2D eigenvalue weighted by Gasteiger charge is 2.21. The molecule has 19 aromatic carbocycles. The number of hydrogen-bond acceptors (Lipinski definition) is 4. The molecular formula is C110H70N6. The number of para-hydroxylation sites is 2. The van der Waals surface area contributed by atoms with Crippen LogP contribution in [0.15, 0.2) is 425 Å². The third kappa shape index (κ3) is 12.0. The molecule has 0 N–H and O–H groups in total. The summed E-state index contributed by atoms with van der Waals surface area (Å²) in [5.41, 5.74) is 24.1. The lowest BCUT2D eigenvalue weighted by atomic mass is 9.91. The smallest absolute Gasteiger partial charge is 0.160 e. The van der Waals surface area contributed by atoms with E-state index in [0.717, 1.165) is 67.5 Å². The van der Waals surface area contributed by atoms with Crippen LogP contribution in [-0.2, 0) is 0 Å². The summed E-state index contributed by atoms with van der Waals surface area (Å²) >= 11 is 0. The van der Waals surface area contributed by atoms with Gasteiger partial charge < -0.3 is 9.13 Å². The quantitative estimate of drug-likeness (QED) is 0.121. The topological polar surface area (TPSA) is 61.4 Å². The van der Waals surface area contributed by atoms with Crippen LogP contribution in [0.3, 0.4) is 0 Å². The minimum atomic E-state index is 0.713. The maximum Gasteiger partial charge on any atom is 0.160 e. The van der Waals surface area contributed by atoms with Crippen molar-refractivity contribution in [3.8, 4) is 113 Å². The molecule has 0 spiro atoms. The fourth-order valence-corrected chi connectivity index (χ4v) is 17.6. The van der Waals surface area contributed by atoms with Crippen LogP contribution < -0.4 is 0 Å². The molecule has 4 heterocycles. The lowest BCUT2D eigenvalue weighted by Gasteiger charge is -2.13. The minimum absolute atomic E-state index is 0.713. The van der Waals surface area contributed by atoms with Gasteiger partial charge in [0.2, 0.25) is 0 Å². The van der Waals surface area contributed by atoms with Crippen LogP contribution in [-0.4, -0.2) is 29.1 Å². The van der Waals surface area contributed by atoms with Crippen molar-refractivity contribution in [2.24, 2.45) is 0 Å². The Morgan fingerprint density at radius 1 is 0.155 bits per heavy atom. The van der Waals surface area contributed by atoms with E-state index in [-0.39, 0.29) is 0 Å². The second-order valence-corrected chi connectivity index (χ2v) is 30.0. The summed E-state index contributed by atoms with van der Waals surface area (Å²) in [6.45, 7) is 0. The van der Waals surface area contributed by atoms with Gasteiger partial charge >= 0.3 is 0 Å². The van der Waals surface area contributed by atoms with Gasteiger partial charge in [0.25, 0.3) is 0 Å². The van der Waals surface area contributed by atoms with Crippen molar-refractivity contribution in [1.82, 2.24) is 29.1 Å². The maximum absolute atomic E-state index is 5.08. The van der Waals surface area contributed by atoms with Crippen LogP contribution in [0.4, 0.5) is 0 Å².